The zero-order chi connectivity index (χ0) is 15.8. The minimum Gasteiger partial charge on any atom is -0.480 e. The summed E-state index contributed by atoms with van der Waals surface area (Å²) in [6.45, 7) is -0.323. The van der Waals surface area contributed by atoms with Crippen LogP contribution in [0.1, 0.15) is 6.42 Å². The zero-order valence-electron chi connectivity index (χ0n) is 10.6. The largest absolute Gasteiger partial charge is 0.480 e. The number of carboxylic acids is 1. The van der Waals surface area contributed by atoms with E-state index in [1.54, 1.807) is 0 Å². The molecule has 0 spiro atoms. The van der Waals surface area contributed by atoms with Gasteiger partial charge in [-0.15, -0.1) is 0 Å². The second-order valence-electron chi connectivity index (χ2n) is 4.57. The van der Waals surface area contributed by atoms with E-state index in [1.807, 2.05) is 0 Å². The number of aliphatic hydroxyl groups is 1. The van der Waals surface area contributed by atoms with Gasteiger partial charge in [0.05, 0.1) is 15.9 Å². The molecule has 0 radical (unpaired) electrons. The minimum atomic E-state index is -4.14. The van der Waals surface area contributed by atoms with Crippen molar-refractivity contribution < 1.29 is 28.3 Å². The van der Waals surface area contributed by atoms with Crippen molar-refractivity contribution in [1.29, 1.82) is 0 Å². The standard InChI is InChI=1S/C11H12N2O7S/c14-8-5-10(11(15)16)12(6-8)21(19,20)9-3-1-7(2-4-9)13(17)18/h1-4,8,10,14H,5-6H2,(H,15,16). The maximum absolute atomic E-state index is 12.4. The van der Waals surface area contributed by atoms with Gasteiger partial charge in [0, 0.05) is 25.1 Å². The molecule has 2 N–H and O–H groups in total. The minimum absolute atomic E-state index is 0.193. The number of nitro benzene ring substituents is 1. The van der Waals surface area contributed by atoms with E-state index < -0.39 is 33.1 Å². The lowest BCUT2D eigenvalue weighted by Gasteiger charge is -2.20. The van der Waals surface area contributed by atoms with Crippen LogP contribution >= 0.6 is 0 Å². The molecule has 1 aromatic carbocycles. The molecular weight excluding hydrogens is 304 g/mol. The average Bonchev–Trinajstić information content (AvgIpc) is 2.82. The van der Waals surface area contributed by atoms with Crippen LogP contribution in [0.2, 0.25) is 0 Å². The van der Waals surface area contributed by atoms with E-state index in [0.29, 0.717) is 4.31 Å². The van der Waals surface area contributed by atoms with Crippen LogP contribution in [0.4, 0.5) is 5.69 Å². The number of carbonyl (C=O) groups is 1. The first-order valence-corrected chi connectivity index (χ1v) is 7.34. The van der Waals surface area contributed by atoms with Gasteiger partial charge in [0.25, 0.3) is 5.69 Å². The fourth-order valence-electron chi connectivity index (χ4n) is 2.15. The van der Waals surface area contributed by atoms with Gasteiger partial charge in [0.15, 0.2) is 0 Å². The van der Waals surface area contributed by atoms with Gasteiger partial charge in [-0.1, -0.05) is 0 Å². The van der Waals surface area contributed by atoms with Crippen LogP contribution in [0.5, 0.6) is 0 Å². The molecule has 1 aromatic rings. The molecule has 1 aliphatic heterocycles. The van der Waals surface area contributed by atoms with Gasteiger partial charge in [-0.25, -0.2) is 8.42 Å². The maximum atomic E-state index is 12.4. The maximum Gasteiger partial charge on any atom is 0.322 e. The molecular formula is C11H12N2O7S. The van der Waals surface area contributed by atoms with E-state index in [0.717, 1.165) is 24.3 Å². The SMILES string of the molecule is O=C(O)C1CC(O)CN1S(=O)(=O)c1ccc([N+](=O)[O-])cc1. The third-order valence-electron chi connectivity index (χ3n) is 3.17. The molecule has 21 heavy (non-hydrogen) atoms. The Morgan fingerprint density at radius 2 is 1.90 bits per heavy atom. The van der Waals surface area contributed by atoms with Crippen LogP contribution in [0.25, 0.3) is 0 Å². The summed E-state index contributed by atoms with van der Waals surface area (Å²) in [7, 11) is -4.14. The smallest absolute Gasteiger partial charge is 0.322 e. The fraction of sp³-hybridized carbons (Fsp3) is 0.364. The van der Waals surface area contributed by atoms with Crippen molar-refractivity contribution in [3.63, 3.8) is 0 Å². The fourth-order valence-corrected chi connectivity index (χ4v) is 3.78. The normalized spacial score (nSPS) is 23.1. The van der Waals surface area contributed by atoms with Crippen LogP contribution < -0.4 is 0 Å². The first-order chi connectivity index (χ1) is 9.73. The van der Waals surface area contributed by atoms with Crippen LogP contribution in [0.15, 0.2) is 29.2 Å². The molecule has 10 heteroatoms. The lowest BCUT2D eigenvalue weighted by atomic mass is 10.2. The Labute approximate surface area is 119 Å². The molecule has 114 valence electrons. The van der Waals surface area contributed by atoms with Crippen molar-refractivity contribution in [2.75, 3.05) is 6.54 Å². The summed E-state index contributed by atoms with van der Waals surface area (Å²) in [4.78, 5) is 20.7. The van der Waals surface area contributed by atoms with Crippen LogP contribution in [0, 0.1) is 10.1 Å². The predicted molar refractivity (Wildman–Crippen MR) is 69.0 cm³/mol. The molecule has 2 atom stereocenters. The third kappa shape index (κ3) is 2.86. The molecule has 0 aliphatic carbocycles. The van der Waals surface area contributed by atoms with Gasteiger partial charge in [-0.3, -0.25) is 14.9 Å². The van der Waals surface area contributed by atoms with Crippen molar-refractivity contribution in [2.24, 2.45) is 0 Å². The first-order valence-electron chi connectivity index (χ1n) is 5.90. The van der Waals surface area contributed by atoms with Gasteiger partial charge in [-0.2, -0.15) is 4.31 Å². The summed E-state index contributed by atoms with van der Waals surface area (Å²) in [6.07, 6.45) is -1.25. The number of nitrogens with zero attached hydrogens (tertiary/aromatic N) is 2. The molecule has 0 amide bonds. The second-order valence-corrected chi connectivity index (χ2v) is 6.46. The number of hydrogen-bond donors (Lipinski definition) is 2. The molecule has 1 saturated heterocycles. The number of benzene rings is 1. The Hall–Kier alpha value is -2.04. The number of aliphatic hydroxyl groups excluding tert-OH is 1. The summed E-state index contributed by atoms with van der Waals surface area (Å²) in [5, 5.41) is 29.0. The lowest BCUT2D eigenvalue weighted by molar-refractivity contribution is -0.384. The highest BCUT2D eigenvalue weighted by Crippen LogP contribution is 2.27. The number of carboxylic acid groups (broad SMARTS) is 1. The Bertz CT molecular complexity index is 670. The van der Waals surface area contributed by atoms with Gasteiger partial charge in [0.2, 0.25) is 10.0 Å². The number of non-ortho nitro benzene ring substituents is 1. The molecule has 1 heterocycles. The number of β-amino-alcohol motifs (C(OH)–C–C–N with tert-alkyl or cyclic N) is 1. The van der Waals surface area contributed by atoms with Gasteiger partial charge >= 0.3 is 5.97 Å². The van der Waals surface area contributed by atoms with E-state index in [9.17, 15) is 28.4 Å². The molecule has 1 fully saturated rings. The summed E-state index contributed by atoms with van der Waals surface area (Å²) in [5.74, 6) is -1.35. The lowest BCUT2D eigenvalue weighted by Crippen LogP contribution is -2.40. The van der Waals surface area contributed by atoms with Crippen LogP contribution in [-0.4, -0.2) is 52.5 Å². The van der Waals surface area contributed by atoms with E-state index in [-0.39, 0.29) is 23.5 Å². The van der Waals surface area contributed by atoms with Gasteiger partial charge < -0.3 is 10.2 Å². The van der Waals surface area contributed by atoms with E-state index in [2.05, 4.69) is 0 Å². The topological polar surface area (TPSA) is 138 Å². The van der Waals surface area contributed by atoms with E-state index in [4.69, 9.17) is 5.11 Å². The number of hydrogen-bond acceptors (Lipinski definition) is 6. The number of nitro groups is 1. The Kier molecular flexibility index (Phi) is 3.94. The van der Waals surface area contributed by atoms with Crippen molar-refractivity contribution in [3.05, 3.63) is 34.4 Å². The Morgan fingerprint density at radius 1 is 1.33 bits per heavy atom. The summed E-state index contributed by atoms with van der Waals surface area (Å²) in [5.41, 5.74) is -0.273. The third-order valence-corrected chi connectivity index (χ3v) is 5.06. The Morgan fingerprint density at radius 3 is 2.38 bits per heavy atom. The van der Waals surface area contributed by atoms with Gasteiger partial charge in [0.1, 0.15) is 6.04 Å². The highest BCUT2D eigenvalue weighted by molar-refractivity contribution is 7.89. The molecule has 2 unspecified atom stereocenters. The monoisotopic (exact) mass is 316 g/mol. The van der Waals surface area contributed by atoms with Crippen molar-refractivity contribution in [2.45, 2.75) is 23.5 Å². The van der Waals surface area contributed by atoms with E-state index >= 15 is 0 Å². The van der Waals surface area contributed by atoms with Crippen molar-refractivity contribution >= 4 is 21.7 Å². The first kappa shape index (κ1) is 15.4. The highest BCUT2D eigenvalue weighted by Gasteiger charge is 2.43. The van der Waals surface area contributed by atoms with E-state index in [1.165, 1.54) is 0 Å². The zero-order valence-corrected chi connectivity index (χ0v) is 11.4. The average molecular weight is 316 g/mol. The van der Waals surface area contributed by atoms with Crippen LogP contribution in [-0.2, 0) is 14.8 Å². The quantitative estimate of drug-likeness (QED) is 0.579. The predicted octanol–water partition coefficient (Wildman–Crippen LogP) is -0.197. The van der Waals surface area contributed by atoms with Crippen LogP contribution in [0.3, 0.4) is 0 Å². The molecule has 9 nitrogen and oxygen atoms in total. The van der Waals surface area contributed by atoms with Crippen molar-refractivity contribution in [3.8, 4) is 0 Å². The second kappa shape index (κ2) is 5.39. The molecule has 0 aromatic heterocycles. The summed E-state index contributed by atoms with van der Waals surface area (Å²) < 4.78 is 25.4. The number of rotatable bonds is 4. The molecule has 0 saturated carbocycles. The molecule has 0 bridgehead atoms. The van der Waals surface area contributed by atoms with Crippen molar-refractivity contribution in [1.82, 2.24) is 4.31 Å². The summed E-state index contributed by atoms with van der Waals surface area (Å²) in [6, 6.07) is 2.78. The summed E-state index contributed by atoms with van der Waals surface area (Å²) >= 11 is 0. The number of aliphatic carboxylic acids is 1. The highest BCUT2D eigenvalue weighted by atomic mass is 32.2. The Balaban J connectivity index is 2.37. The van der Waals surface area contributed by atoms with Gasteiger partial charge in [-0.05, 0) is 12.1 Å². The molecule has 2 rings (SSSR count). The molecule has 1 aliphatic rings. The number of sulfonamides is 1.